The molecule has 0 aliphatic heterocycles. The van der Waals surface area contributed by atoms with Crippen LogP contribution in [0.5, 0.6) is 0 Å². The van der Waals surface area contributed by atoms with E-state index in [-0.39, 0.29) is 6.61 Å². The van der Waals surface area contributed by atoms with Crippen LogP contribution in [0.15, 0.2) is 30.3 Å². The summed E-state index contributed by atoms with van der Waals surface area (Å²) in [6.45, 7) is 0.938. The van der Waals surface area contributed by atoms with Crippen LogP contribution in [0.25, 0.3) is 0 Å². The Bertz CT molecular complexity index is 578. The van der Waals surface area contributed by atoms with Gasteiger partial charge in [0, 0.05) is 19.7 Å². The highest BCUT2D eigenvalue weighted by molar-refractivity contribution is 6.29. The molecule has 2 N–H and O–H groups in total. The number of ether oxygens (including phenoxy) is 1. The number of anilines is 1. The lowest BCUT2D eigenvalue weighted by atomic mass is 10.1. The van der Waals surface area contributed by atoms with Gasteiger partial charge < -0.3 is 15.2 Å². The van der Waals surface area contributed by atoms with Crippen LogP contribution in [0.1, 0.15) is 17.0 Å². The summed E-state index contributed by atoms with van der Waals surface area (Å²) in [5.41, 5.74) is 1.93. The highest BCUT2D eigenvalue weighted by Crippen LogP contribution is 2.14. The molecule has 1 heterocycles. The largest absolute Gasteiger partial charge is 0.392 e. The van der Waals surface area contributed by atoms with Gasteiger partial charge in [-0.05, 0) is 11.1 Å². The lowest BCUT2D eigenvalue weighted by Crippen LogP contribution is -2.05. The monoisotopic (exact) mass is 293 g/mol. The van der Waals surface area contributed by atoms with Crippen LogP contribution in [0, 0.1) is 0 Å². The predicted octanol–water partition coefficient (Wildman–Crippen LogP) is 2.38. The van der Waals surface area contributed by atoms with E-state index in [4.69, 9.17) is 21.4 Å². The number of nitrogens with zero attached hydrogens (tertiary/aromatic N) is 2. The summed E-state index contributed by atoms with van der Waals surface area (Å²) in [7, 11) is 1.58. The second-order valence-electron chi connectivity index (χ2n) is 4.26. The van der Waals surface area contributed by atoms with E-state index in [0.717, 1.165) is 11.1 Å². The number of aromatic nitrogens is 2. The molecule has 2 rings (SSSR count). The SMILES string of the molecule is COCc1nc(Cl)cc(NCc2cccc(CO)c2)n1. The van der Waals surface area contributed by atoms with Crippen LogP contribution in [-0.4, -0.2) is 22.2 Å². The van der Waals surface area contributed by atoms with Crippen molar-refractivity contribution in [2.24, 2.45) is 0 Å². The molecule has 0 saturated heterocycles. The van der Waals surface area contributed by atoms with Crippen molar-refractivity contribution in [1.29, 1.82) is 0 Å². The second kappa shape index (κ2) is 7.19. The second-order valence-corrected chi connectivity index (χ2v) is 4.64. The molecule has 0 spiro atoms. The average molecular weight is 294 g/mol. The van der Waals surface area contributed by atoms with E-state index in [2.05, 4.69) is 15.3 Å². The third-order valence-corrected chi connectivity index (χ3v) is 2.86. The van der Waals surface area contributed by atoms with Gasteiger partial charge in [-0.25, -0.2) is 9.97 Å². The maximum Gasteiger partial charge on any atom is 0.158 e. The van der Waals surface area contributed by atoms with Crippen molar-refractivity contribution >= 4 is 17.4 Å². The molecule has 0 atom stereocenters. The molecule has 0 aliphatic carbocycles. The number of halogens is 1. The van der Waals surface area contributed by atoms with Crippen LogP contribution in [-0.2, 0) is 24.5 Å². The Morgan fingerprint density at radius 3 is 2.80 bits per heavy atom. The van der Waals surface area contributed by atoms with Crippen LogP contribution < -0.4 is 5.32 Å². The number of methoxy groups -OCH3 is 1. The van der Waals surface area contributed by atoms with Gasteiger partial charge in [0.1, 0.15) is 17.6 Å². The molecule has 1 aromatic heterocycles. The van der Waals surface area contributed by atoms with Gasteiger partial charge in [-0.15, -0.1) is 0 Å². The Hall–Kier alpha value is -1.69. The van der Waals surface area contributed by atoms with Gasteiger partial charge in [-0.1, -0.05) is 35.9 Å². The summed E-state index contributed by atoms with van der Waals surface area (Å²) in [6, 6.07) is 9.36. The molecule has 0 aliphatic rings. The highest BCUT2D eigenvalue weighted by atomic mass is 35.5. The van der Waals surface area contributed by atoms with Gasteiger partial charge in [-0.3, -0.25) is 0 Å². The molecule has 0 unspecified atom stereocenters. The molecule has 0 fully saturated rings. The number of hydrogen-bond donors (Lipinski definition) is 2. The molecule has 0 saturated carbocycles. The molecule has 0 radical (unpaired) electrons. The van der Waals surface area contributed by atoms with E-state index < -0.39 is 0 Å². The fraction of sp³-hybridized carbons (Fsp3) is 0.286. The fourth-order valence-corrected chi connectivity index (χ4v) is 1.98. The van der Waals surface area contributed by atoms with Crippen LogP contribution in [0.4, 0.5) is 5.82 Å². The van der Waals surface area contributed by atoms with E-state index in [1.807, 2.05) is 24.3 Å². The maximum atomic E-state index is 9.11. The Labute approximate surface area is 122 Å². The summed E-state index contributed by atoms with van der Waals surface area (Å²) in [6.07, 6.45) is 0. The fourth-order valence-electron chi connectivity index (χ4n) is 1.78. The number of nitrogens with one attached hydrogen (secondary N) is 1. The highest BCUT2D eigenvalue weighted by Gasteiger charge is 2.03. The van der Waals surface area contributed by atoms with Crippen molar-refractivity contribution in [3.63, 3.8) is 0 Å². The van der Waals surface area contributed by atoms with Crippen molar-refractivity contribution in [3.05, 3.63) is 52.4 Å². The molecule has 1 aromatic carbocycles. The van der Waals surface area contributed by atoms with Gasteiger partial charge >= 0.3 is 0 Å². The number of rotatable bonds is 6. The number of aliphatic hydroxyl groups is 1. The minimum Gasteiger partial charge on any atom is -0.392 e. The van der Waals surface area contributed by atoms with Crippen LogP contribution in [0.3, 0.4) is 0 Å². The molecule has 0 amide bonds. The van der Waals surface area contributed by atoms with Crippen LogP contribution in [0.2, 0.25) is 5.15 Å². The van der Waals surface area contributed by atoms with E-state index in [1.165, 1.54) is 0 Å². The Balaban J connectivity index is 2.06. The Kier molecular flexibility index (Phi) is 5.29. The minimum atomic E-state index is 0.0329. The summed E-state index contributed by atoms with van der Waals surface area (Å²) >= 11 is 5.94. The summed E-state index contributed by atoms with van der Waals surface area (Å²) in [5.74, 6) is 1.18. The smallest absolute Gasteiger partial charge is 0.158 e. The number of aliphatic hydroxyl groups excluding tert-OH is 1. The third-order valence-electron chi connectivity index (χ3n) is 2.66. The van der Waals surface area contributed by atoms with Crippen molar-refractivity contribution < 1.29 is 9.84 Å². The number of benzene rings is 1. The predicted molar refractivity (Wildman–Crippen MR) is 77.4 cm³/mol. The van der Waals surface area contributed by atoms with E-state index in [0.29, 0.717) is 29.9 Å². The van der Waals surface area contributed by atoms with Gasteiger partial charge in [-0.2, -0.15) is 0 Å². The summed E-state index contributed by atoms with van der Waals surface area (Å²) in [4.78, 5) is 8.36. The molecular formula is C14H16ClN3O2. The lowest BCUT2D eigenvalue weighted by Gasteiger charge is -2.08. The first kappa shape index (κ1) is 14.7. The van der Waals surface area contributed by atoms with Gasteiger partial charge in [0.15, 0.2) is 5.82 Å². The standard InChI is InChI=1S/C14H16ClN3O2/c1-20-9-14-17-12(15)6-13(18-14)16-7-10-3-2-4-11(5-10)8-19/h2-6,19H,7-9H2,1H3,(H,16,17,18). The third kappa shape index (κ3) is 4.16. The molecule has 106 valence electrons. The first-order valence-electron chi connectivity index (χ1n) is 6.16. The van der Waals surface area contributed by atoms with Gasteiger partial charge in [0.25, 0.3) is 0 Å². The van der Waals surface area contributed by atoms with Crippen molar-refractivity contribution in [2.45, 2.75) is 19.8 Å². The van der Waals surface area contributed by atoms with E-state index in [9.17, 15) is 0 Å². The Morgan fingerprint density at radius 2 is 2.05 bits per heavy atom. The molecule has 0 bridgehead atoms. The van der Waals surface area contributed by atoms with Crippen molar-refractivity contribution in [1.82, 2.24) is 9.97 Å². The average Bonchev–Trinajstić information content (AvgIpc) is 2.45. The zero-order valence-electron chi connectivity index (χ0n) is 11.1. The summed E-state index contributed by atoms with van der Waals surface area (Å²) < 4.78 is 4.99. The molecule has 2 aromatic rings. The van der Waals surface area contributed by atoms with Crippen molar-refractivity contribution in [2.75, 3.05) is 12.4 Å². The normalized spacial score (nSPS) is 10.6. The molecule has 6 heteroatoms. The van der Waals surface area contributed by atoms with Gasteiger partial charge in [0.2, 0.25) is 0 Å². The van der Waals surface area contributed by atoms with E-state index >= 15 is 0 Å². The lowest BCUT2D eigenvalue weighted by molar-refractivity contribution is 0.178. The molecular weight excluding hydrogens is 278 g/mol. The zero-order valence-corrected chi connectivity index (χ0v) is 11.9. The molecule has 5 nitrogen and oxygen atoms in total. The molecule has 20 heavy (non-hydrogen) atoms. The van der Waals surface area contributed by atoms with Gasteiger partial charge in [0.05, 0.1) is 6.61 Å². The van der Waals surface area contributed by atoms with E-state index in [1.54, 1.807) is 13.2 Å². The summed E-state index contributed by atoms with van der Waals surface area (Å²) in [5, 5.41) is 12.7. The van der Waals surface area contributed by atoms with Crippen molar-refractivity contribution in [3.8, 4) is 0 Å². The zero-order chi connectivity index (χ0) is 14.4. The number of hydrogen-bond acceptors (Lipinski definition) is 5. The maximum absolute atomic E-state index is 9.11. The first-order chi connectivity index (χ1) is 9.71. The first-order valence-corrected chi connectivity index (χ1v) is 6.54. The quantitative estimate of drug-likeness (QED) is 0.801. The topological polar surface area (TPSA) is 67.3 Å². The van der Waals surface area contributed by atoms with Crippen LogP contribution >= 0.6 is 11.6 Å². The minimum absolute atomic E-state index is 0.0329. The Morgan fingerprint density at radius 1 is 1.25 bits per heavy atom.